The van der Waals surface area contributed by atoms with E-state index >= 15 is 0 Å². The number of carboxylic acid groups (broad SMARTS) is 1. The number of nitrogens with zero attached hydrogens (tertiary/aromatic N) is 1. The molecule has 20 unspecified atom stereocenters. The number of carboxylic acids is 1. The van der Waals surface area contributed by atoms with E-state index in [1.165, 1.54) is 5.57 Å². The van der Waals surface area contributed by atoms with E-state index in [0.29, 0.717) is 64.3 Å². The van der Waals surface area contributed by atoms with Crippen LogP contribution in [0.2, 0.25) is 0 Å². The zero-order valence-electron chi connectivity index (χ0n) is 38.3. The predicted molar refractivity (Wildman–Crippen MR) is 234 cm³/mol. The Bertz CT molecular complexity index is 2020. The van der Waals surface area contributed by atoms with Crippen LogP contribution in [0, 0.1) is 68.0 Å². The van der Waals surface area contributed by atoms with E-state index in [0.717, 1.165) is 12.1 Å². The number of carbonyl (C=O) groups excluding carboxylic acids is 1. The van der Waals surface area contributed by atoms with Gasteiger partial charge in [0.15, 0.2) is 6.29 Å². The highest BCUT2D eigenvalue weighted by Gasteiger charge is 2.75. The second kappa shape index (κ2) is 15.9. The largest absolute Gasteiger partial charge is 0.481 e. The quantitative estimate of drug-likeness (QED) is 0.120. The number of hydrogen-bond donors (Lipinski definition) is 10. The van der Waals surface area contributed by atoms with Gasteiger partial charge < -0.3 is 61.3 Å². The number of nitrogens with two attached hydrogens (primary N) is 1. The molecule has 15 nitrogen and oxygen atoms in total. The Morgan fingerprint density at radius 3 is 2.41 bits per heavy atom. The minimum Gasteiger partial charge on any atom is -0.481 e. The molecule has 15 heteroatoms. The minimum absolute atomic E-state index is 0.00381. The van der Waals surface area contributed by atoms with Crippen molar-refractivity contribution in [3.05, 3.63) is 42.0 Å². The van der Waals surface area contributed by atoms with Crippen LogP contribution in [-0.4, -0.2) is 127 Å². The average Bonchev–Trinajstić information content (AvgIpc) is 3.96. The van der Waals surface area contributed by atoms with Gasteiger partial charge in [-0.15, -0.1) is 0 Å². The summed E-state index contributed by atoms with van der Waals surface area (Å²) in [5, 5.41) is 82.5. The third-order valence-corrected chi connectivity index (χ3v) is 20.4. The van der Waals surface area contributed by atoms with Gasteiger partial charge in [-0.1, -0.05) is 58.4 Å². The molecule has 0 spiro atoms. The Morgan fingerprint density at radius 1 is 0.984 bits per heavy atom. The maximum Gasteiger partial charge on any atom is 0.310 e. The number of imidazole rings is 1. The van der Waals surface area contributed by atoms with Crippen molar-refractivity contribution in [1.82, 2.24) is 15.3 Å². The number of aromatic nitrogens is 2. The third kappa shape index (κ3) is 6.26. The van der Waals surface area contributed by atoms with Gasteiger partial charge in [-0.05, 0) is 128 Å². The Kier molecular flexibility index (Phi) is 11.5. The first-order valence-electron chi connectivity index (χ1n) is 24.1. The Hall–Kier alpha value is -2.73. The van der Waals surface area contributed by atoms with E-state index in [-0.39, 0.29) is 73.2 Å². The number of rotatable bonds is 10. The molecule has 8 aliphatic rings. The van der Waals surface area contributed by atoms with Crippen molar-refractivity contribution < 1.29 is 54.8 Å². The van der Waals surface area contributed by atoms with Crippen molar-refractivity contribution in [2.75, 3.05) is 26.4 Å². The van der Waals surface area contributed by atoms with Gasteiger partial charge in [0.2, 0.25) is 5.91 Å². The number of allylic oxidation sites excluding steroid dienone is 3. The van der Waals surface area contributed by atoms with Crippen LogP contribution in [-0.2, 0) is 24.5 Å². The van der Waals surface area contributed by atoms with E-state index < -0.39 is 81.2 Å². The predicted octanol–water partition coefficient (Wildman–Crippen LogP) is 2.93. The summed E-state index contributed by atoms with van der Waals surface area (Å²) in [4.78, 5) is 35.0. The SMILES string of the molecule is CC1(CO)CCC2(C(=O)O)CCC3(C)C(=CCC4C5(C)C(C6C=CC(CCCN)(c7cnc[nH]7)C7NC(=O)CC67)C(O)C(OC6OCC(O)C(O)C6O)C(C)(CO)C5CCC43C)C2C1. The van der Waals surface area contributed by atoms with Crippen LogP contribution in [0.4, 0.5) is 0 Å². The summed E-state index contributed by atoms with van der Waals surface area (Å²) >= 11 is 0. The number of carbonyl (C=O) groups is 2. The Balaban J connectivity index is 1.21. The van der Waals surface area contributed by atoms with E-state index in [1.807, 2.05) is 13.1 Å². The molecule has 3 heterocycles. The zero-order valence-corrected chi connectivity index (χ0v) is 38.3. The molecule has 0 bridgehead atoms. The molecule has 20 atom stereocenters. The second-order valence-corrected chi connectivity index (χ2v) is 23.1. The Morgan fingerprint density at radius 2 is 1.73 bits per heavy atom. The van der Waals surface area contributed by atoms with E-state index in [9.17, 15) is 45.3 Å². The molecule has 356 valence electrons. The highest BCUT2D eigenvalue weighted by molar-refractivity contribution is 5.80. The van der Waals surface area contributed by atoms with Gasteiger partial charge in [0, 0.05) is 36.4 Å². The van der Waals surface area contributed by atoms with Gasteiger partial charge in [0.05, 0.1) is 42.6 Å². The number of aliphatic carboxylic acids is 1. The molecule has 0 aromatic carbocycles. The van der Waals surface area contributed by atoms with Crippen molar-refractivity contribution >= 4 is 11.9 Å². The average molecular weight is 895 g/mol. The number of aliphatic hydroxyl groups is 6. The van der Waals surface area contributed by atoms with Crippen LogP contribution in [0.5, 0.6) is 0 Å². The number of H-pyrrole nitrogens is 1. The Labute approximate surface area is 376 Å². The molecule has 11 N–H and O–H groups in total. The zero-order chi connectivity index (χ0) is 46.0. The number of aliphatic hydroxyl groups excluding tert-OH is 6. The second-order valence-electron chi connectivity index (χ2n) is 23.1. The molecule has 6 aliphatic carbocycles. The number of fused-ring (bicyclic) bond motifs is 8. The van der Waals surface area contributed by atoms with Crippen molar-refractivity contribution in [2.45, 2.75) is 154 Å². The van der Waals surface area contributed by atoms with Crippen LogP contribution in [0.1, 0.15) is 111 Å². The van der Waals surface area contributed by atoms with Gasteiger partial charge >= 0.3 is 5.97 Å². The van der Waals surface area contributed by atoms with E-state index in [1.54, 1.807) is 6.33 Å². The lowest BCUT2D eigenvalue weighted by molar-refractivity contribution is -0.343. The van der Waals surface area contributed by atoms with Crippen LogP contribution < -0.4 is 11.1 Å². The summed E-state index contributed by atoms with van der Waals surface area (Å²) in [7, 11) is 0. The number of hydrogen-bond acceptors (Lipinski definition) is 12. The number of ether oxygens (including phenoxy) is 2. The van der Waals surface area contributed by atoms with Gasteiger partial charge in [-0.25, -0.2) is 4.98 Å². The van der Waals surface area contributed by atoms with Crippen molar-refractivity contribution in [2.24, 2.45) is 73.7 Å². The molecule has 2 saturated heterocycles. The standard InChI is InChI=1S/C49H74N4O11/c1-43(23-54)14-16-48(42(61)62)17-15-45(3)28(29(48)20-43)7-8-32-46(45,4)12-10-31-44(2,24-55)40(64-41-38(60)36(58)30(56)22-63-41)37(59)35(47(31,32)5)26-9-13-49(11-6-18-50,33-21-51-25-52-33)39-27(26)19-34(57)53-39/h7,9,13,21,25-27,29-32,35-41,54-56,58-60H,6,8,10-12,14-20,22-24,50H2,1-5H3,(H,51,52)(H,53,57)(H,61,62). The smallest absolute Gasteiger partial charge is 0.310 e. The fourth-order valence-electron chi connectivity index (χ4n) is 16.7. The lowest BCUT2D eigenvalue weighted by Gasteiger charge is -2.74. The van der Waals surface area contributed by atoms with Gasteiger partial charge in [0.1, 0.15) is 18.3 Å². The summed E-state index contributed by atoms with van der Waals surface area (Å²) in [6.45, 7) is 10.9. The lowest BCUT2D eigenvalue weighted by atomic mass is 9.31. The van der Waals surface area contributed by atoms with E-state index in [2.05, 4.69) is 61.2 Å². The van der Waals surface area contributed by atoms with Gasteiger partial charge in [0.25, 0.3) is 0 Å². The first-order chi connectivity index (χ1) is 30.2. The van der Waals surface area contributed by atoms with Crippen LogP contribution in [0.3, 0.4) is 0 Å². The molecule has 9 rings (SSSR count). The number of aromatic amines is 1. The van der Waals surface area contributed by atoms with Crippen LogP contribution in [0.25, 0.3) is 0 Å². The summed E-state index contributed by atoms with van der Waals surface area (Å²) in [5.74, 6) is -2.58. The van der Waals surface area contributed by atoms with Gasteiger partial charge in [-0.2, -0.15) is 0 Å². The maximum atomic E-state index is 13.9. The summed E-state index contributed by atoms with van der Waals surface area (Å²) in [6.07, 6.45) is 8.57. The summed E-state index contributed by atoms with van der Waals surface area (Å²) < 4.78 is 12.5. The highest BCUT2D eigenvalue weighted by Crippen LogP contribution is 2.78. The molecule has 1 aromatic heterocycles. The maximum absolute atomic E-state index is 13.9. The molecule has 2 aliphatic heterocycles. The van der Waals surface area contributed by atoms with Crippen LogP contribution >= 0.6 is 0 Å². The third-order valence-electron chi connectivity index (χ3n) is 20.4. The normalized spacial score (nSPS) is 52.0. The highest BCUT2D eigenvalue weighted by atomic mass is 16.7. The molecule has 0 radical (unpaired) electrons. The number of nitrogens with one attached hydrogen (secondary N) is 2. The fourth-order valence-corrected chi connectivity index (χ4v) is 16.7. The fraction of sp³-hybridized carbons (Fsp3) is 0.816. The minimum atomic E-state index is -1.62. The molecule has 6 fully saturated rings. The van der Waals surface area contributed by atoms with Gasteiger partial charge in [-0.3, -0.25) is 9.59 Å². The summed E-state index contributed by atoms with van der Waals surface area (Å²) in [6, 6.07) is -0.359. The molecule has 64 heavy (non-hydrogen) atoms. The first kappa shape index (κ1) is 46.4. The molecule has 1 aromatic rings. The topological polar surface area (TPSA) is 261 Å². The van der Waals surface area contributed by atoms with E-state index in [4.69, 9.17) is 15.2 Å². The molecule has 1 amide bonds. The van der Waals surface area contributed by atoms with Crippen LogP contribution in [0.15, 0.2) is 36.3 Å². The van der Waals surface area contributed by atoms with Crippen molar-refractivity contribution in [1.29, 1.82) is 0 Å². The first-order valence-corrected chi connectivity index (χ1v) is 24.1. The van der Waals surface area contributed by atoms with Crippen molar-refractivity contribution in [3.63, 3.8) is 0 Å². The molecule has 4 saturated carbocycles. The molecular formula is C49H74N4O11. The lowest BCUT2D eigenvalue weighted by Crippen LogP contribution is -2.73. The number of amides is 1. The monoisotopic (exact) mass is 895 g/mol. The molecular weight excluding hydrogens is 821 g/mol. The van der Waals surface area contributed by atoms with Crippen molar-refractivity contribution in [3.8, 4) is 0 Å². The summed E-state index contributed by atoms with van der Waals surface area (Å²) in [5.41, 5.74) is 3.67.